The van der Waals surface area contributed by atoms with Gasteiger partial charge in [0.25, 0.3) is 0 Å². The zero-order chi connectivity index (χ0) is 15.6. The van der Waals surface area contributed by atoms with Gasteiger partial charge in [0.2, 0.25) is 5.75 Å². The number of nitrogens with zero attached hydrogens (tertiary/aromatic N) is 1. The first-order chi connectivity index (χ1) is 9.79. The Bertz CT molecular complexity index is 787. The lowest BCUT2D eigenvalue weighted by Crippen LogP contribution is -2.10. The molecule has 110 valence electrons. The molecule has 0 aliphatic heterocycles. The van der Waals surface area contributed by atoms with Gasteiger partial charge in [0.15, 0.2) is 0 Å². The van der Waals surface area contributed by atoms with Crippen molar-refractivity contribution in [2.45, 2.75) is 11.8 Å². The second kappa shape index (κ2) is 5.71. The van der Waals surface area contributed by atoms with Crippen LogP contribution in [0.2, 0.25) is 5.02 Å². The smallest absolute Gasteiger partial charge is 0.339 e. The van der Waals surface area contributed by atoms with Crippen LogP contribution in [0.25, 0.3) is 0 Å². The Hall–Kier alpha value is -2.12. The number of rotatable bonds is 4. The molecule has 2 aromatic carbocycles. The second-order valence-corrected chi connectivity index (χ2v) is 6.20. The molecule has 0 aromatic heterocycles. The molecule has 0 N–H and O–H groups in total. The number of hydrogen-bond acceptors (Lipinski definition) is 5. The molecule has 2 rings (SSSR count). The number of nitro benzene ring substituents is 1. The molecule has 0 unspecified atom stereocenters. The van der Waals surface area contributed by atoms with E-state index < -0.39 is 20.7 Å². The topological polar surface area (TPSA) is 86.5 Å². The molecule has 0 saturated heterocycles. The van der Waals surface area contributed by atoms with Gasteiger partial charge in [0.05, 0.1) is 4.92 Å². The predicted molar refractivity (Wildman–Crippen MR) is 77.1 cm³/mol. The summed E-state index contributed by atoms with van der Waals surface area (Å²) in [6.07, 6.45) is 0. The van der Waals surface area contributed by atoms with Gasteiger partial charge in [-0.15, -0.1) is 0 Å². The van der Waals surface area contributed by atoms with E-state index >= 15 is 0 Å². The second-order valence-electron chi connectivity index (χ2n) is 4.22. The Kier molecular flexibility index (Phi) is 4.15. The Morgan fingerprint density at radius 1 is 1.14 bits per heavy atom. The highest BCUT2D eigenvalue weighted by atomic mass is 35.5. The van der Waals surface area contributed by atoms with Gasteiger partial charge < -0.3 is 4.18 Å². The van der Waals surface area contributed by atoms with Crippen LogP contribution in [0.4, 0.5) is 5.69 Å². The first-order valence-electron chi connectivity index (χ1n) is 5.75. The van der Waals surface area contributed by atoms with Crippen LogP contribution in [0, 0.1) is 17.0 Å². The van der Waals surface area contributed by atoms with Crippen molar-refractivity contribution in [2.24, 2.45) is 0 Å². The van der Waals surface area contributed by atoms with Gasteiger partial charge in [-0.3, -0.25) is 10.1 Å². The highest BCUT2D eigenvalue weighted by molar-refractivity contribution is 7.87. The van der Waals surface area contributed by atoms with Crippen LogP contribution in [0.5, 0.6) is 5.75 Å². The van der Waals surface area contributed by atoms with Crippen molar-refractivity contribution in [3.8, 4) is 5.75 Å². The van der Waals surface area contributed by atoms with Crippen LogP contribution in [-0.2, 0) is 10.1 Å². The fourth-order valence-electron chi connectivity index (χ4n) is 1.61. The number of aryl methyl sites for hydroxylation is 1. The van der Waals surface area contributed by atoms with E-state index in [-0.39, 0.29) is 10.6 Å². The molecule has 0 spiro atoms. The van der Waals surface area contributed by atoms with E-state index in [1.165, 1.54) is 42.5 Å². The quantitative estimate of drug-likeness (QED) is 0.488. The van der Waals surface area contributed by atoms with Crippen LogP contribution < -0.4 is 4.18 Å². The van der Waals surface area contributed by atoms with Crippen molar-refractivity contribution < 1.29 is 17.5 Å². The van der Waals surface area contributed by atoms with E-state index in [0.717, 1.165) is 0 Å². The van der Waals surface area contributed by atoms with Crippen LogP contribution in [0.3, 0.4) is 0 Å². The van der Waals surface area contributed by atoms with Crippen LogP contribution in [0.1, 0.15) is 5.56 Å². The van der Waals surface area contributed by atoms with Crippen LogP contribution in [-0.4, -0.2) is 13.3 Å². The fourth-order valence-corrected chi connectivity index (χ4v) is 2.68. The van der Waals surface area contributed by atoms with Crippen molar-refractivity contribution in [1.29, 1.82) is 0 Å². The molecule has 8 heteroatoms. The summed E-state index contributed by atoms with van der Waals surface area (Å²) in [6, 6.07) is 9.32. The predicted octanol–water partition coefficient (Wildman–Crippen LogP) is 3.32. The molecule has 21 heavy (non-hydrogen) atoms. The Morgan fingerprint density at radius 2 is 1.76 bits per heavy atom. The summed E-state index contributed by atoms with van der Waals surface area (Å²) < 4.78 is 29.0. The number of halogens is 1. The molecule has 0 bridgehead atoms. The number of benzene rings is 2. The minimum Gasteiger partial charge on any atom is -0.372 e. The van der Waals surface area contributed by atoms with E-state index in [2.05, 4.69) is 0 Å². The lowest BCUT2D eigenvalue weighted by atomic mass is 10.2. The van der Waals surface area contributed by atoms with Gasteiger partial charge >= 0.3 is 15.8 Å². The van der Waals surface area contributed by atoms with Crippen LogP contribution in [0.15, 0.2) is 47.4 Å². The van der Waals surface area contributed by atoms with Gasteiger partial charge in [-0.1, -0.05) is 17.7 Å². The van der Waals surface area contributed by atoms with Gasteiger partial charge in [-0.25, -0.2) is 0 Å². The third-order valence-corrected chi connectivity index (χ3v) is 4.11. The zero-order valence-electron chi connectivity index (χ0n) is 10.8. The lowest BCUT2D eigenvalue weighted by Gasteiger charge is -2.08. The molecule has 0 saturated carbocycles. The number of nitro groups is 1. The first-order valence-corrected chi connectivity index (χ1v) is 7.53. The monoisotopic (exact) mass is 327 g/mol. The highest BCUT2D eigenvalue weighted by Crippen LogP contribution is 2.30. The third-order valence-electron chi connectivity index (χ3n) is 2.61. The van der Waals surface area contributed by atoms with Gasteiger partial charge in [0.1, 0.15) is 4.90 Å². The Balaban J connectivity index is 2.41. The third kappa shape index (κ3) is 3.50. The minimum atomic E-state index is -4.16. The van der Waals surface area contributed by atoms with Crippen molar-refractivity contribution >= 4 is 27.4 Å². The van der Waals surface area contributed by atoms with Gasteiger partial charge in [-0.05, 0) is 42.8 Å². The SMILES string of the molecule is Cc1ccc(OS(=O)(=O)c2ccc(Cl)cc2)c([N+](=O)[O-])c1. The maximum absolute atomic E-state index is 12.1. The summed E-state index contributed by atoms with van der Waals surface area (Å²) in [5.41, 5.74) is 0.213. The summed E-state index contributed by atoms with van der Waals surface area (Å²) in [6.45, 7) is 1.66. The zero-order valence-corrected chi connectivity index (χ0v) is 12.4. The largest absolute Gasteiger partial charge is 0.372 e. The molecule has 0 heterocycles. The van der Waals surface area contributed by atoms with E-state index in [1.54, 1.807) is 6.92 Å². The molecule has 0 amide bonds. The van der Waals surface area contributed by atoms with Crippen molar-refractivity contribution in [3.05, 3.63) is 63.2 Å². The highest BCUT2D eigenvalue weighted by Gasteiger charge is 2.23. The molecule has 0 aliphatic carbocycles. The van der Waals surface area contributed by atoms with Crippen molar-refractivity contribution in [3.63, 3.8) is 0 Å². The fraction of sp³-hybridized carbons (Fsp3) is 0.0769. The van der Waals surface area contributed by atoms with Crippen LogP contribution >= 0.6 is 11.6 Å². The summed E-state index contributed by atoms with van der Waals surface area (Å²) >= 11 is 5.68. The standard InChI is InChI=1S/C13H10ClNO5S/c1-9-2-7-13(12(8-9)15(16)17)20-21(18,19)11-5-3-10(14)4-6-11/h2-8H,1H3. The Labute approximate surface area is 126 Å². The average Bonchev–Trinajstić information content (AvgIpc) is 2.41. The van der Waals surface area contributed by atoms with Gasteiger partial charge in [0, 0.05) is 11.1 Å². The summed E-state index contributed by atoms with van der Waals surface area (Å²) in [4.78, 5) is 10.1. The van der Waals surface area contributed by atoms with Crippen molar-refractivity contribution in [2.75, 3.05) is 0 Å². The minimum absolute atomic E-state index is 0.137. The molecule has 0 atom stereocenters. The first kappa shape index (κ1) is 15.3. The maximum atomic E-state index is 12.1. The van der Waals surface area contributed by atoms with Crippen molar-refractivity contribution in [1.82, 2.24) is 0 Å². The molecular formula is C13H10ClNO5S. The normalized spacial score (nSPS) is 11.1. The van der Waals surface area contributed by atoms with Gasteiger partial charge in [-0.2, -0.15) is 8.42 Å². The summed E-state index contributed by atoms with van der Waals surface area (Å²) in [7, 11) is -4.16. The van der Waals surface area contributed by atoms with E-state index in [9.17, 15) is 18.5 Å². The maximum Gasteiger partial charge on any atom is 0.339 e. The number of hydrogen-bond donors (Lipinski definition) is 0. The molecule has 0 aliphatic rings. The molecule has 0 radical (unpaired) electrons. The molecular weight excluding hydrogens is 318 g/mol. The van der Waals surface area contributed by atoms with E-state index in [0.29, 0.717) is 10.6 Å². The lowest BCUT2D eigenvalue weighted by molar-refractivity contribution is -0.385. The van der Waals surface area contributed by atoms with E-state index in [4.69, 9.17) is 15.8 Å². The molecule has 2 aromatic rings. The molecule has 6 nitrogen and oxygen atoms in total. The Morgan fingerprint density at radius 3 is 2.33 bits per heavy atom. The average molecular weight is 328 g/mol. The van der Waals surface area contributed by atoms with E-state index in [1.807, 2.05) is 0 Å². The summed E-state index contributed by atoms with van der Waals surface area (Å²) in [5.74, 6) is -0.333. The molecule has 0 fully saturated rings. The summed E-state index contributed by atoms with van der Waals surface area (Å²) in [5, 5.41) is 11.3.